The number of carbonyl (C=O) groups excluding carboxylic acids is 1. The Balaban J connectivity index is 3.12. The van der Waals surface area contributed by atoms with E-state index in [-0.39, 0.29) is 5.78 Å². The largest absolute Gasteiger partial charge is 0.292 e. The molecular weight excluding hydrogens is 310 g/mol. The molecule has 0 aliphatic heterocycles. The Morgan fingerprint density at radius 2 is 2.21 bits per heavy atom. The van der Waals surface area contributed by atoms with Crippen LogP contribution in [0.25, 0.3) is 0 Å². The zero-order chi connectivity index (χ0) is 10.7. The second-order valence-corrected chi connectivity index (χ2v) is 4.96. The number of hydrogen-bond donors (Lipinski definition) is 0. The number of rotatable bonds is 3. The molecule has 1 nitrogen and oxygen atoms in total. The summed E-state index contributed by atoms with van der Waals surface area (Å²) in [4.78, 5) is 11.7. The molecule has 1 atom stereocenters. The Morgan fingerprint density at radius 1 is 1.57 bits per heavy atom. The second kappa shape index (κ2) is 5.12. The summed E-state index contributed by atoms with van der Waals surface area (Å²) < 4.78 is 0.970. The van der Waals surface area contributed by atoms with Crippen molar-refractivity contribution < 1.29 is 4.79 Å². The molecule has 1 aromatic rings. The number of halogens is 2. The Labute approximate surface area is 103 Å². The number of hydrogen-bond acceptors (Lipinski definition) is 1. The molecule has 0 aliphatic carbocycles. The summed E-state index contributed by atoms with van der Waals surface area (Å²) in [6.07, 6.45) is 0.938. The number of carbonyl (C=O) groups is 1. The first-order chi connectivity index (χ1) is 6.56. The highest BCUT2D eigenvalue weighted by molar-refractivity contribution is 14.1. The lowest BCUT2D eigenvalue weighted by atomic mass is 10.0. The van der Waals surface area contributed by atoms with Crippen LogP contribution in [0.4, 0.5) is 0 Å². The lowest BCUT2D eigenvalue weighted by molar-refractivity contribution is 0.0991. The molecular formula is C11H12ClIO. The summed E-state index contributed by atoms with van der Waals surface area (Å²) >= 11 is 7.94. The van der Waals surface area contributed by atoms with Crippen LogP contribution in [0.5, 0.6) is 0 Å². The van der Waals surface area contributed by atoms with Gasteiger partial charge in [0.05, 0.1) is 5.38 Å². The van der Waals surface area contributed by atoms with Gasteiger partial charge in [0, 0.05) is 9.13 Å². The van der Waals surface area contributed by atoms with E-state index in [9.17, 15) is 4.79 Å². The first-order valence-electron chi connectivity index (χ1n) is 4.53. The van der Waals surface area contributed by atoms with Crippen LogP contribution in [0.2, 0.25) is 0 Å². The monoisotopic (exact) mass is 322 g/mol. The van der Waals surface area contributed by atoms with E-state index in [1.54, 1.807) is 6.92 Å². The maximum atomic E-state index is 11.7. The van der Waals surface area contributed by atoms with Crippen molar-refractivity contribution in [3.63, 3.8) is 0 Å². The molecule has 1 rings (SSSR count). The van der Waals surface area contributed by atoms with E-state index in [0.717, 1.165) is 15.6 Å². The summed E-state index contributed by atoms with van der Waals surface area (Å²) in [5, 5.41) is -0.448. The third-order valence-corrected chi connectivity index (χ3v) is 3.20. The molecule has 0 aliphatic rings. The van der Waals surface area contributed by atoms with Crippen molar-refractivity contribution in [3.8, 4) is 0 Å². The molecule has 0 N–H and O–H groups in total. The molecule has 1 unspecified atom stereocenters. The predicted molar refractivity (Wildman–Crippen MR) is 68.2 cm³/mol. The van der Waals surface area contributed by atoms with E-state index in [0.29, 0.717) is 0 Å². The Hall–Kier alpha value is -0.0900. The predicted octanol–water partition coefficient (Wildman–Crippen LogP) is 3.66. The van der Waals surface area contributed by atoms with E-state index in [1.807, 2.05) is 18.2 Å². The number of aryl methyl sites for hydroxylation is 1. The number of benzene rings is 1. The van der Waals surface area contributed by atoms with Crippen molar-refractivity contribution in [3.05, 3.63) is 32.9 Å². The van der Waals surface area contributed by atoms with Gasteiger partial charge in [0.1, 0.15) is 0 Å². The fraction of sp³-hybridized carbons (Fsp3) is 0.364. The zero-order valence-corrected chi connectivity index (χ0v) is 11.1. The summed E-state index contributed by atoms with van der Waals surface area (Å²) in [7, 11) is 0. The van der Waals surface area contributed by atoms with Gasteiger partial charge in [-0.1, -0.05) is 13.0 Å². The van der Waals surface area contributed by atoms with Crippen molar-refractivity contribution in [2.75, 3.05) is 0 Å². The average Bonchev–Trinajstić information content (AvgIpc) is 2.17. The van der Waals surface area contributed by atoms with Crippen LogP contribution in [-0.4, -0.2) is 11.2 Å². The molecule has 0 radical (unpaired) electrons. The lowest BCUT2D eigenvalue weighted by Gasteiger charge is -2.07. The van der Waals surface area contributed by atoms with Crippen molar-refractivity contribution in [1.82, 2.24) is 0 Å². The van der Waals surface area contributed by atoms with Crippen molar-refractivity contribution >= 4 is 40.0 Å². The second-order valence-electron chi connectivity index (χ2n) is 3.15. The van der Waals surface area contributed by atoms with Gasteiger partial charge in [-0.15, -0.1) is 11.6 Å². The molecule has 1 aromatic carbocycles. The molecule has 0 aromatic heterocycles. The van der Waals surface area contributed by atoms with E-state index in [4.69, 9.17) is 11.6 Å². The van der Waals surface area contributed by atoms with Gasteiger partial charge in [0.2, 0.25) is 0 Å². The van der Waals surface area contributed by atoms with Gasteiger partial charge >= 0.3 is 0 Å². The Morgan fingerprint density at radius 3 is 2.71 bits per heavy atom. The van der Waals surface area contributed by atoms with Crippen LogP contribution < -0.4 is 0 Å². The first-order valence-corrected chi connectivity index (χ1v) is 6.04. The average molecular weight is 323 g/mol. The van der Waals surface area contributed by atoms with Gasteiger partial charge in [-0.2, -0.15) is 0 Å². The van der Waals surface area contributed by atoms with Crippen LogP contribution in [0, 0.1) is 3.57 Å². The summed E-state index contributed by atoms with van der Waals surface area (Å²) in [6, 6.07) is 5.94. The minimum absolute atomic E-state index is 0.00590. The third-order valence-electron chi connectivity index (χ3n) is 2.07. The molecule has 0 saturated heterocycles. The van der Waals surface area contributed by atoms with Crippen LogP contribution in [0.1, 0.15) is 29.8 Å². The summed E-state index contributed by atoms with van der Waals surface area (Å²) in [5.74, 6) is 0.00590. The van der Waals surface area contributed by atoms with Crippen molar-refractivity contribution in [2.24, 2.45) is 0 Å². The molecule has 0 saturated carbocycles. The summed E-state index contributed by atoms with van der Waals surface area (Å²) in [6.45, 7) is 3.78. The van der Waals surface area contributed by atoms with Gasteiger partial charge < -0.3 is 0 Å². The van der Waals surface area contributed by atoms with E-state index in [2.05, 4.69) is 29.5 Å². The topological polar surface area (TPSA) is 17.1 Å². The Kier molecular flexibility index (Phi) is 4.38. The molecule has 0 bridgehead atoms. The van der Waals surface area contributed by atoms with E-state index < -0.39 is 5.38 Å². The first kappa shape index (κ1) is 12.0. The maximum absolute atomic E-state index is 11.7. The van der Waals surface area contributed by atoms with Crippen molar-refractivity contribution in [1.29, 1.82) is 0 Å². The highest BCUT2D eigenvalue weighted by Crippen LogP contribution is 2.18. The molecule has 0 spiro atoms. The highest BCUT2D eigenvalue weighted by Gasteiger charge is 2.15. The third kappa shape index (κ3) is 2.70. The quantitative estimate of drug-likeness (QED) is 0.471. The Bertz CT molecular complexity index is 347. The SMILES string of the molecule is CCc1ccc(I)c(C(=O)C(C)Cl)c1. The fourth-order valence-corrected chi connectivity index (χ4v) is 1.91. The van der Waals surface area contributed by atoms with Crippen LogP contribution in [0.15, 0.2) is 18.2 Å². The standard InChI is InChI=1S/C11H12ClIO/c1-3-8-4-5-10(13)9(6-8)11(14)7(2)12/h4-7H,3H2,1-2H3. The molecule has 0 heterocycles. The van der Waals surface area contributed by atoms with Gasteiger partial charge in [0.15, 0.2) is 5.78 Å². The maximum Gasteiger partial charge on any atom is 0.181 e. The number of ketones is 1. The van der Waals surface area contributed by atoms with Crippen LogP contribution >= 0.6 is 34.2 Å². The van der Waals surface area contributed by atoms with E-state index >= 15 is 0 Å². The van der Waals surface area contributed by atoms with Crippen LogP contribution in [-0.2, 0) is 6.42 Å². The minimum atomic E-state index is -0.448. The van der Waals surface area contributed by atoms with Gasteiger partial charge in [-0.25, -0.2) is 0 Å². The summed E-state index contributed by atoms with van der Waals surface area (Å²) in [5.41, 5.74) is 1.92. The highest BCUT2D eigenvalue weighted by atomic mass is 127. The van der Waals surface area contributed by atoms with Gasteiger partial charge in [-0.3, -0.25) is 4.79 Å². The lowest BCUT2D eigenvalue weighted by Crippen LogP contribution is -2.12. The molecule has 0 fully saturated rings. The van der Waals surface area contributed by atoms with E-state index in [1.165, 1.54) is 5.56 Å². The van der Waals surface area contributed by atoms with Gasteiger partial charge in [-0.05, 0) is 53.6 Å². The van der Waals surface area contributed by atoms with Crippen molar-refractivity contribution in [2.45, 2.75) is 25.6 Å². The smallest absolute Gasteiger partial charge is 0.181 e. The fourth-order valence-electron chi connectivity index (χ4n) is 1.20. The molecule has 76 valence electrons. The molecule has 0 amide bonds. The van der Waals surface area contributed by atoms with Crippen LogP contribution in [0.3, 0.4) is 0 Å². The number of alkyl halides is 1. The number of Topliss-reactive ketones (excluding diaryl/α,β-unsaturated/α-hetero) is 1. The molecule has 3 heteroatoms. The minimum Gasteiger partial charge on any atom is -0.292 e. The molecule has 14 heavy (non-hydrogen) atoms. The van der Waals surface area contributed by atoms with Gasteiger partial charge in [0.25, 0.3) is 0 Å². The zero-order valence-electron chi connectivity index (χ0n) is 8.18. The normalized spacial score (nSPS) is 12.6.